The predicted octanol–water partition coefficient (Wildman–Crippen LogP) is 4.41. The molecule has 2 aromatic carbocycles. The van der Waals surface area contributed by atoms with E-state index in [2.05, 4.69) is 20.5 Å². The van der Waals surface area contributed by atoms with Gasteiger partial charge in [0.25, 0.3) is 0 Å². The van der Waals surface area contributed by atoms with E-state index in [1.165, 1.54) is 0 Å². The highest BCUT2D eigenvalue weighted by atomic mass is 32.1. The van der Waals surface area contributed by atoms with Crippen molar-refractivity contribution in [2.45, 2.75) is 20.4 Å². The predicted molar refractivity (Wildman–Crippen MR) is 113 cm³/mol. The molecule has 2 aromatic heterocycles. The van der Waals surface area contributed by atoms with Gasteiger partial charge in [-0.1, -0.05) is 29.8 Å². The molecule has 0 aliphatic heterocycles. The Kier molecular flexibility index (Phi) is 4.75. The summed E-state index contributed by atoms with van der Waals surface area (Å²) in [7, 11) is 0. The van der Waals surface area contributed by atoms with Crippen molar-refractivity contribution in [1.29, 1.82) is 0 Å². The number of nitrogens with one attached hydrogen (secondary N) is 2. The molecule has 0 spiro atoms. The third kappa shape index (κ3) is 3.44. The van der Waals surface area contributed by atoms with Gasteiger partial charge in [-0.15, -0.1) is 0 Å². The molecule has 0 aliphatic rings. The Balaban J connectivity index is 1.63. The third-order valence-corrected chi connectivity index (χ3v) is 4.89. The minimum Gasteiger partial charge on any atom is -0.324 e. The normalized spacial score (nSPS) is 10.9. The number of carbonyl (C=O) groups is 1. The first-order valence-corrected chi connectivity index (χ1v) is 9.30. The summed E-state index contributed by atoms with van der Waals surface area (Å²) in [5, 5.41) is 11.0. The number of rotatable bonds is 4. The summed E-state index contributed by atoms with van der Waals surface area (Å²) in [6, 6.07) is 15.6. The van der Waals surface area contributed by atoms with E-state index in [0.29, 0.717) is 10.6 Å². The minimum absolute atomic E-state index is 0.0637. The number of hydrogen-bond donors (Lipinski definition) is 2. The number of carbonyl (C=O) groups excluding carboxylic acids is 1. The smallest absolute Gasteiger partial charge is 0.244 e. The van der Waals surface area contributed by atoms with Crippen LogP contribution >= 0.6 is 12.2 Å². The van der Waals surface area contributed by atoms with Crippen LogP contribution in [0.2, 0.25) is 0 Å². The maximum atomic E-state index is 12.8. The fourth-order valence-corrected chi connectivity index (χ4v) is 3.42. The molecule has 2 heterocycles. The second-order valence-electron chi connectivity index (χ2n) is 6.69. The van der Waals surface area contributed by atoms with Gasteiger partial charge in [0, 0.05) is 17.1 Å². The molecule has 0 saturated carbocycles. The van der Waals surface area contributed by atoms with E-state index in [0.717, 1.165) is 33.3 Å². The maximum absolute atomic E-state index is 12.8. The lowest BCUT2D eigenvalue weighted by Crippen LogP contribution is -2.19. The van der Waals surface area contributed by atoms with E-state index in [1.54, 1.807) is 10.8 Å². The zero-order valence-electron chi connectivity index (χ0n) is 15.6. The second kappa shape index (κ2) is 7.36. The molecule has 0 radical (unpaired) electrons. The number of benzene rings is 2. The van der Waals surface area contributed by atoms with Gasteiger partial charge in [0.2, 0.25) is 5.91 Å². The molecule has 1 amide bonds. The largest absolute Gasteiger partial charge is 0.324 e. The van der Waals surface area contributed by atoms with Gasteiger partial charge in [0.15, 0.2) is 10.6 Å². The lowest BCUT2D eigenvalue weighted by atomic mass is 10.1. The van der Waals surface area contributed by atoms with E-state index in [4.69, 9.17) is 12.2 Å². The first-order chi connectivity index (χ1) is 13.5. The van der Waals surface area contributed by atoms with Crippen LogP contribution in [-0.4, -0.2) is 25.7 Å². The highest BCUT2D eigenvalue weighted by Gasteiger charge is 2.14. The summed E-state index contributed by atoms with van der Waals surface area (Å²) in [5.74, 6) is 0.458. The number of nitrogens with zero attached hydrogens (tertiary/aromatic N) is 3. The average Bonchev–Trinajstić information content (AvgIpc) is 3.05. The number of aromatic nitrogens is 4. The van der Waals surface area contributed by atoms with Crippen LogP contribution in [0.25, 0.3) is 22.3 Å². The van der Waals surface area contributed by atoms with Crippen molar-refractivity contribution in [3.05, 3.63) is 70.6 Å². The number of hydrogen-bond acceptors (Lipinski definition) is 4. The summed E-state index contributed by atoms with van der Waals surface area (Å²) in [6.45, 7) is 4.08. The number of aromatic amines is 1. The second-order valence-corrected chi connectivity index (χ2v) is 7.07. The lowest BCUT2D eigenvalue weighted by Gasteiger charge is -2.11. The molecular weight excluding hydrogens is 370 g/mol. The lowest BCUT2D eigenvalue weighted by molar-refractivity contribution is -0.116. The molecule has 0 bridgehead atoms. The highest BCUT2D eigenvalue weighted by Crippen LogP contribution is 2.25. The Morgan fingerprint density at radius 1 is 1.18 bits per heavy atom. The van der Waals surface area contributed by atoms with Crippen molar-refractivity contribution >= 4 is 34.7 Å². The summed E-state index contributed by atoms with van der Waals surface area (Å²) >= 11 is 5.34. The quantitative estimate of drug-likeness (QED) is 0.507. The topological polar surface area (TPSA) is 75.6 Å². The summed E-state index contributed by atoms with van der Waals surface area (Å²) in [4.78, 5) is 17.2. The van der Waals surface area contributed by atoms with Crippen molar-refractivity contribution in [2.24, 2.45) is 0 Å². The van der Waals surface area contributed by atoms with Gasteiger partial charge in [-0.05, 0) is 55.9 Å². The van der Waals surface area contributed by atoms with Gasteiger partial charge in [-0.3, -0.25) is 19.4 Å². The fourth-order valence-electron chi connectivity index (χ4n) is 3.23. The molecule has 0 aliphatic carbocycles. The molecule has 2 N–H and O–H groups in total. The van der Waals surface area contributed by atoms with Crippen molar-refractivity contribution in [1.82, 2.24) is 19.7 Å². The zero-order chi connectivity index (χ0) is 19.7. The van der Waals surface area contributed by atoms with Crippen molar-refractivity contribution in [3.8, 4) is 11.4 Å². The van der Waals surface area contributed by atoms with Crippen LogP contribution in [-0.2, 0) is 11.3 Å². The monoisotopic (exact) mass is 389 g/mol. The molecule has 0 saturated heterocycles. The van der Waals surface area contributed by atoms with Gasteiger partial charge < -0.3 is 5.32 Å². The number of fused-ring (bicyclic) bond motifs is 1. The van der Waals surface area contributed by atoms with E-state index < -0.39 is 0 Å². The van der Waals surface area contributed by atoms with Crippen molar-refractivity contribution in [3.63, 3.8) is 0 Å². The molecule has 28 heavy (non-hydrogen) atoms. The van der Waals surface area contributed by atoms with E-state index in [-0.39, 0.29) is 12.5 Å². The van der Waals surface area contributed by atoms with Gasteiger partial charge in [0.05, 0.1) is 11.2 Å². The van der Waals surface area contributed by atoms with Crippen LogP contribution in [0.1, 0.15) is 11.1 Å². The molecule has 6 nitrogen and oxygen atoms in total. The molecule has 0 unspecified atom stereocenters. The Hall–Kier alpha value is -3.32. The van der Waals surface area contributed by atoms with Gasteiger partial charge >= 0.3 is 0 Å². The highest BCUT2D eigenvalue weighted by molar-refractivity contribution is 7.71. The van der Waals surface area contributed by atoms with Gasteiger partial charge in [0.1, 0.15) is 6.54 Å². The van der Waals surface area contributed by atoms with Gasteiger partial charge in [-0.25, -0.2) is 0 Å². The van der Waals surface area contributed by atoms with Crippen LogP contribution < -0.4 is 5.32 Å². The molecule has 4 rings (SSSR count). The number of aryl methyl sites for hydroxylation is 2. The molecule has 4 aromatic rings. The van der Waals surface area contributed by atoms with Crippen molar-refractivity contribution in [2.75, 3.05) is 5.32 Å². The molecule has 0 fully saturated rings. The molecule has 0 atom stereocenters. The fraction of sp³-hybridized carbons (Fsp3) is 0.143. The van der Waals surface area contributed by atoms with Crippen LogP contribution in [0.15, 0.2) is 54.7 Å². The summed E-state index contributed by atoms with van der Waals surface area (Å²) in [6.07, 6.45) is 1.75. The van der Waals surface area contributed by atoms with E-state index in [1.807, 2.05) is 62.4 Å². The van der Waals surface area contributed by atoms with E-state index in [9.17, 15) is 4.79 Å². The standard InChI is InChI=1S/C21H19N5OS/c1-13-5-3-6-15(11-13)20-24-25-21(28)26(20)12-18(27)23-17-9-8-14(2)19-16(17)7-4-10-22-19/h3-11H,12H2,1-2H3,(H,23,27)(H,25,28). The number of anilines is 1. The molecule has 140 valence electrons. The first-order valence-electron chi connectivity index (χ1n) is 8.89. The van der Waals surface area contributed by atoms with Crippen LogP contribution in [0.4, 0.5) is 5.69 Å². The summed E-state index contributed by atoms with van der Waals surface area (Å²) < 4.78 is 2.11. The molecular formula is C21H19N5OS. The number of pyridine rings is 1. The SMILES string of the molecule is Cc1cccc(-c2n[nH]c(=S)n2CC(=O)Nc2ccc(C)c3ncccc23)c1. The van der Waals surface area contributed by atoms with E-state index >= 15 is 0 Å². The minimum atomic E-state index is -0.180. The van der Waals surface area contributed by atoms with Crippen LogP contribution in [0.3, 0.4) is 0 Å². The Morgan fingerprint density at radius 3 is 2.86 bits per heavy atom. The zero-order valence-corrected chi connectivity index (χ0v) is 16.4. The van der Waals surface area contributed by atoms with Crippen molar-refractivity contribution < 1.29 is 4.79 Å². The van der Waals surface area contributed by atoms with Crippen LogP contribution in [0, 0.1) is 18.6 Å². The first kappa shape index (κ1) is 18.1. The number of H-pyrrole nitrogens is 1. The third-order valence-electron chi connectivity index (χ3n) is 4.58. The molecule has 7 heteroatoms. The Bertz CT molecular complexity index is 1240. The Labute approximate surface area is 167 Å². The summed E-state index contributed by atoms with van der Waals surface area (Å²) in [5.41, 5.74) is 4.69. The number of amides is 1. The van der Waals surface area contributed by atoms with Gasteiger partial charge in [-0.2, -0.15) is 5.10 Å². The maximum Gasteiger partial charge on any atom is 0.244 e. The Morgan fingerprint density at radius 2 is 2.04 bits per heavy atom. The van der Waals surface area contributed by atoms with Crippen LogP contribution in [0.5, 0.6) is 0 Å². The average molecular weight is 389 g/mol.